The molecule has 0 aliphatic carbocycles. The maximum atomic E-state index is 6.54. The van der Waals surface area contributed by atoms with Gasteiger partial charge in [0.1, 0.15) is 5.66 Å². The van der Waals surface area contributed by atoms with E-state index in [1.165, 1.54) is 15.3 Å². The molecule has 1 unspecified atom stereocenters. The molecule has 2 aromatic rings. The number of hydrogen-bond acceptors (Lipinski definition) is 3. The van der Waals surface area contributed by atoms with Gasteiger partial charge in [-0.15, -0.1) is 11.3 Å². The number of thiophene rings is 1. The number of nitrogens with one attached hydrogen (secondary N) is 2. The number of benzene rings is 1. The largest absolute Gasteiger partial charge is 0.334 e. The van der Waals surface area contributed by atoms with Crippen molar-refractivity contribution in [3.63, 3.8) is 0 Å². The first kappa shape index (κ1) is 18.2. The van der Waals surface area contributed by atoms with E-state index < -0.39 is 5.66 Å². The van der Waals surface area contributed by atoms with Crippen molar-refractivity contribution in [3.8, 4) is 10.4 Å². The minimum absolute atomic E-state index is 0.513. The van der Waals surface area contributed by atoms with Gasteiger partial charge in [0.05, 0.1) is 0 Å². The maximum Gasteiger partial charge on any atom is 0.197 e. The lowest BCUT2D eigenvalue weighted by molar-refractivity contribution is 0.474. The number of nitrogens with two attached hydrogens (primary N) is 1. The quantitative estimate of drug-likeness (QED) is 0.684. The molecule has 0 saturated carbocycles. The van der Waals surface area contributed by atoms with E-state index in [9.17, 15) is 0 Å². The molecule has 4 nitrogen and oxygen atoms in total. The Morgan fingerprint density at radius 2 is 2.12 bits per heavy atom. The number of hydrogen-bond donors (Lipinski definition) is 3. The molecular formula is C19H23BrN4S. The monoisotopic (exact) mass is 418 g/mol. The van der Waals surface area contributed by atoms with Gasteiger partial charge in [0.15, 0.2) is 5.96 Å². The fourth-order valence-corrected chi connectivity index (χ4v) is 4.10. The summed E-state index contributed by atoms with van der Waals surface area (Å²) >= 11 is 5.30. The Morgan fingerprint density at radius 1 is 1.28 bits per heavy atom. The van der Waals surface area contributed by atoms with Crippen LogP contribution in [0.3, 0.4) is 0 Å². The Bertz CT molecular complexity index is 796. The number of nitrogens with zero attached hydrogens (tertiary/aromatic N) is 1. The second-order valence-corrected chi connectivity index (χ2v) is 8.76. The van der Waals surface area contributed by atoms with Crippen LogP contribution < -0.4 is 16.4 Å². The van der Waals surface area contributed by atoms with Crippen LogP contribution in [0.2, 0.25) is 0 Å². The van der Waals surface area contributed by atoms with Gasteiger partial charge in [-0.05, 0) is 41.8 Å². The third-order valence-corrected chi connectivity index (χ3v) is 5.43. The minimum Gasteiger partial charge on any atom is -0.334 e. The molecule has 1 aromatic heterocycles. The molecule has 2 heterocycles. The first-order valence-corrected chi connectivity index (χ1v) is 9.95. The molecule has 6 heteroatoms. The van der Waals surface area contributed by atoms with Crippen LogP contribution in [0.1, 0.15) is 18.7 Å². The molecule has 132 valence electrons. The van der Waals surface area contributed by atoms with Crippen molar-refractivity contribution in [2.75, 3.05) is 6.54 Å². The molecule has 0 amide bonds. The summed E-state index contributed by atoms with van der Waals surface area (Å²) in [7, 11) is 0. The van der Waals surface area contributed by atoms with Gasteiger partial charge in [-0.25, -0.2) is 0 Å². The molecule has 1 aliphatic heterocycles. The van der Waals surface area contributed by atoms with Crippen molar-refractivity contribution in [2.24, 2.45) is 16.6 Å². The second kappa shape index (κ2) is 7.72. The number of guanidine groups is 1. The van der Waals surface area contributed by atoms with Crippen LogP contribution in [0.25, 0.3) is 10.4 Å². The highest BCUT2D eigenvalue weighted by atomic mass is 79.9. The predicted molar refractivity (Wildman–Crippen MR) is 111 cm³/mol. The van der Waals surface area contributed by atoms with E-state index >= 15 is 0 Å². The zero-order valence-corrected chi connectivity index (χ0v) is 16.8. The van der Waals surface area contributed by atoms with E-state index in [0.717, 1.165) is 17.0 Å². The van der Waals surface area contributed by atoms with Gasteiger partial charge in [-0.1, -0.05) is 41.9 Å². The Hall–Kier alpha value is -1.63. The highest BCUT2D eigenvalue weighted by molar-refractivity contribution is 9.10. The summed E-state index contributed by atoms with van der Waals surface area (Å²) in [5.41, 5.74) is 7.13. The SMILES string of the molecule is CC(C)CN=C1NC=CC(N)(Cc2ccc(-c3cccc(Br)c3)s2)N1. The summed E-state index contributed by atoms with van der Waals surface area (Å²) in [6, 6.07) is 12.7. The molecule has 4 N–H and O–H groups in total. The number of halogens is 1. The Morgan fingerprint density at radius 3 is 2.88 bits per heavy atom. The number of rotatable bonds is 5. The predicted octanol–water partition coefficient (Wildman–Crippen LogP) is 4.09. The lowest BCUT2D eigenvalue weighted by Gasteiger charge is -2.32. The molecule has 3 rings (SSSR count). The van der Waals surface area contributed by atoms with Crippen molar-refractivity contribution < 1.29 is 0 Å². The first-order chi connectivity index (χ1) is 11.9. The fourth-order valence-electron chi connectivity index (χ4n) is 2.59. The van der Waals surface area contributed by atoms with Crippen LogP contribution in [0, 0.1) is 5.92 Å². The van der Waals surface area contributed by atoms with Crippen molar-refractivity contribution in [1.29, 1.82) is 0 Å². The third kappa shape index (κ3) is 4.93. The summed E-state index contributed by atoms with van der Waals surface area (Å²) in [5.74, 6) is 1.25. The molecule has 1 aromatic carbocycles. The van der Waals surface area contributed by atoms with E-state index in [4.69, 9.17) is 5.73 Å². The standard InChI is InChI=1S/C19H23BrN4S/c1-13(2)12-23-18-22-9-8-19(21,24-18)11-16-6-7-17(25-16)14-4-3-5-15(20)10-14/h3-10,13H,11-12,21H2,1-2H3,(H2,22,23,24). The second-order valence-electron chi connectivity index (χ2n) is 6.68. The van der Waals surface area contributed by atoms with Crippen molar-refractivity contribution >= 4 is 33.2 Å². The molecule has 1 aliphatic rings. The van der Waals surface area contributed by atoms with Gasteiger partial charge >= 0.3 is 0 Å². The van der Waals surface area contributed by atoms with Gasteiger partial charge in [0.2, 0.25) is 0 Å². The van der Waals surface area contributed by atoms with Gasteiger partial charge < -0.3 is 16.4 Å². The zero-order chi connectivity index (χ0) is 17.9. The third-order valence-electron chi connectivity index (χ3n) is 3.80. The summed E-state index contributed by atoms with van der Waals surface area (Å²) in [6.07, 6.45) is 4.54. The van der Waals surface area contributed by atoms with Crippen LogP contribution in [0.4, 0.5) is 0 Å². The zero-order valence-electron chi connectivity index (χ0n) is 14.4. The van der Waals surface area contributed by atoms with Gasteiger partial charge in [-0.2, -0.15) is 0 Å². The van der Waals surface area contributed by atoms with Gasteiger partial charge in [-0.3, -0.25) is 4.99 Å². The molecular weight excluding hydrogens is 396 g/mol. The summed E-state index contributed by atoms with van der Waals surface area (Å²) in [5, 5.41) is 6.45. The van der Waals surface area contributed by atoms with Crippen molar-refractivity contribution in [3.05, 3.63) is 58.0 Å². The molecule has 25 heavy (non-hydrogen) atoms. The van der Waals surface area contributed by atoms with Gasteiger partial charge in [0, 0.05) is 33.4 Å². The van der Waals surface area contributed by atoms with E-state index in [1.54, 1.807) is 11.3 Å². The minimum atomic E-state index is -0.625. The molecule has 1 atom stereocenters. The number of aliphatic imine (C=N–C) groups is 1. The average molecular weight is 419 g/mol. The van der Waals surface area contributed by atoms with E-state index in [2.05, 4.69) is 75.7 Å². The highest BCUT2D eigenvalue weighted by Crippen LogP contribution is 2.31. The van der Waals surface area contributed by atoms with Crippen LogP contribution in [-0.4, -0.2) is 18.2 Å². The normalized spacial score (nSPS) is 21.4. The molecule has 0 bridgehead atoms. The van der Waals surface area contributed by atoms with E-state index in [0.29, 0.717) is 12.3 Å². The lowest BCUT2D eigenvalue weighted by Crippen LogP contribution is -2.61. The Kier molecular flexibility index (Phi) is 5.61. The lowest BCUT2D eigenvalue weighted by atomic mass is 10.1. The summed E-state index contributed by atoms with van der Waals surface area (Å²) < 4.78 is 1.09. The van der Waals surface area contributed by atoms with Crippen LogP contribution in [-0.2, 0) is 6.42 Å². The summed E-state index contributed by atoms with van der Waals surface area (Å²) in [6.45, 7) is 5.06. The summed E-state index contributed by atoms with van der Waals surface area (Å²) in [4.78, 5) is 7.02. The highest BCUT2D eigenvalue weighted by Gasteiger charge is 2.27. The average Bonchev–Trinajstić information content (AvgIpc) is 3.01. The van der Waals surface area contributed by atoms with E-state index in [1.807, 2.05) is 18.3 Å². The van der Waals surface area contributed by atoms with Gasteiger partial charge in [0.25, 0.3) is 0 Å². The molecule has 0 spiro atoms. The topological polar surface area (TPSA) is 62.4 Å². The molecule has 0 radical (unpaired) electrons. The Labute approximate surface area is 161 Å². The van der Waals surface area contributed by atoms with Crippen LogP contribution in [0.5, 0.6) is 0 Å². The van der Waals surface area contributed by atoms with E-state index in [-0.39, 0.29) is 0 Å². The smallest absolute Gasteiger partial charge is 0.197 e. The Balaban J connectivity index is 1.73. The molecule has 0 saturated heterocycles. The molecule has 0 fully saturated rings. The fraction of sp³-hybridized carbons (Fsp3) is 0.316. The van der Waals surface area contributed by atoms with Crippen molar-refractivity contribution in [2.45, 2.75) is 25.9 Å². The first-order valence-electron chi connectivity index (χ1n) is 8.34. The maximum absolute atomic E-state index is 6.54. The van der Waals surface area contributed by atoms with Crippen molar-refractivity contribution in [1.82, 2.24) is 10.6 Å². The van der Waals surface area contributed by atoms with Crippen LogP contribution >= 0.6 is 27.3 Å². The van der Waals surface area contributed by atoms with Crippen LogP contribution in [0.15, 0.2) is 58.1 Å².